The minimum absolute atomic E-state index is 0.0324. The fourth-order valence-electron chi connectivity index (χ4n) is 3.28. The van der Waals surface area contributed by atoms with Crippen LogP contribution in [0.3, 0.4) is 0 Å². The number of carbonyl (C=O) groups is 2. The third-order valence-electron chi connectivity index (χ3n) is 5.12. The van der Waals surface area contributed by atoms with Gasteiger partial charge in [-0.1, -0.05) is 39.5 Å². The molecular formula is C26H48O8S2Sn. The minimum atomic E-state index is -3.85. The molecule has 0 heterocycles. The van der Waals surface area contributed by atoms with Crippen molar-refractivity contribution < 1.29 is 34.7 Å². The van der Waals surface area contributed by atoms with Crippen molar-refractivity contribution in [3.8, 4) is 0 Å². The van der Waals surface area contributed by atoms with Gasteiger partial charge in [-0.05, 0) is 0 Å². The van der Waals surface area contributed by atoms with E-state index >= 15 is 0 Å². The molecule has 0 aromatic heterocycles. The minimum Gasteiger partial charge on any atom is -0.0654 e. The van der Waals surface area contributed by atoms with Crippen LogP contribution in [0.4, 0.5) is 0 Å². The molecule has 0 saturated carbocycles. The second kappa shape index (κ2) is 24.5. The predicted molar refractivity (Wildman–Crippen MR) is 155 cm³/mol. The summed E-state index contributed by atoms with van der Waals surface area (Å²) in [4.78, 5) is 27.5. The second-order valence-electron chi connectivity index (χ2n) is 9.31. The quantitative estimate of drug-likeness (QED) is 0.0670. The molecule has 8 nitrogen and oxygen atoms in total. The van der Waals surface area contributed by atoms with Gasteiger partial charge in [0.2, 0.25) is 0 Å². The molecule has 0 aliphatic rings. The fraction of sp³-hybridized carbons (Fsp3) is 0.846. The molecule has 0 bridgehead atoms. The number of carbonyl (C=O) groups excluding carboxylic acids is 2. The first-order valence-electron chi connectivity index (χ1n) is 13.6. The number of ether oxygens (including phenoxy) is 4. The number of rotatable bonds is 24. The molecular weight excluding hydrogens is 623 g/mol. The maximum absolute atomic E-state index is 12.1. The molecule has 0 amide bonds. The zero-order valence-electron chi connectivity index (χ0n) is 23.3. The van der Waals surface area contributed by atoms with Crippen LogP contribution in [0, 0.1) is 0 Å². The zero-order chi connectivity index (χ0) is 27.8. The summed E-state index contributed by atoms with van der Waals surface area (Å²) in [6.45, 7) is 4.97. The molecule has 37 heavy (non-hydrogen) atoms. The molecule has 0 saturated heterocycles. The van der Waals surface area contributed by atoms with Crippen molar-refractivity contribution in [1.29, 1.82) is 0 Å². The van der Waals surface area contributed by atoms with Crippen molar-refractivity contribution in [2.75, 3.05) is 39.6 Å². The van der Waals surface area contributed by atoms with Crippen LogP contribution in [0.15, 0.2) is 0 Å². The summed E-state index contributed by atoms with van der Waals surface area (Å²) in [5, 5.41) is 0.614. The van der Waals surface area contributed by atoms with E-state index in [0.29, 0.717) is 23.3 Å². The van der Waals surface area contributed by atoms with Crippen molar-refractivity contribution >= 4 is 65.7 Å². The van der Waals surface area contributed by atoms with Crippen molar-refractivity contribution in [2.45, 2.75) is 101 Å². The topological polar surface area (TPSA) is 89.5 Å². The Morgan fingerprint density at radius 3 is 1.30 bits per heavy atom. The summed E-state index contributed by atoms with van der Waals surface area (Å²) in [5.41, 5.74) is 0. The Morgan fingerprint density at radius 2 is 0.919 bits per heavy atom. The van der Waals surface area contributed by atoms with Crippen molar-refractivity contribution in [3.05, 3.63) is 0 Å². The number of unbranched alkanes of at least 4 members (excludes halogenated alkanes) is 10. The summed E-state index contributed by atoms with van der Waals surface area (Å²) in [5.74, 6) is -1.20. The summed E-state index contributed by atoms with van der Waals surface area (Å²) in [6, 6.07) is 0. The van der Waals surface area contributed by atoms with Gasteiger partial charge in [0, 0.05) is 0 Å². The van der Waals surface area contributed by atoms with Gasteiger partial charge in [0.15, 0.2) is 0 Å². The normalized spacial score (nSPS) is 11.1. The summed E-state index contributed by atoms with van der Waals surface area (Å²) in [6.07, 6.45) is 14.0. The first-order valence-corrected chi connectivity index (χ1v) is 22.5. The summed E-state index contributed by atoms with van der Waals surface area (Å²) < 4.78 is 32.2. The van der Waals surface area contributed by atoms with E-state index < -0.39 is 31.1 Å². The van der Waals surface area contributed by atoms with E-state index in [9.17, 15) is 9.59 Å². The molecule has 0 aliphatic heterocycles. The Kier molecular flexibility index (Phi) is 24.1. The van der Waals surface area contributed by atoms with E-state index in [1.54, 1.807) is 9.88 Å². The second-order valence-corrected chi connectivity index (χ2v) is 19.4. The molecule has 0 aliphatic carbocycles. The van der Waals surface area contributed by atoms with Crippen molar-refractivity contribution in [3.63, 3.8) is 0 Å². The Balaban J connectivity index is 3.86. The van der Waals surface area contributed by atoms with Crippen LogP contribution >= 0.6 is 24.4 Å². The average molecular weight is 672 g/mol. The number of thiocarbonyl (C=S) groups is 2. The standard InChI is InChI=1S/2C12H22O4S.2CH3.Sn/c2*1-2-3-4-5-6-7-8-16-12(17)10-15-9-11(13)14;;;/h2*2-10H2,1H3,(H,13,14);2*1H3;/q;;;;+2/p-2. The molecule has 0 atom stereocenters. The molecule has 0 aromatic carbocycles. The van der Waals surface area contributed by atoms with Crippen LogP contribution < -0.4 is 0 Å². The summed E-state index contributed by atoms with van der Waals surface area (Å²) >= 11 is 6.37. The Morgan fingerprint density at radius 1 is 0.568 bits per heavy atom. The molecule has 216 valence electrons. The van der Waals surface area contributed by atoms with E-state index in [-0.39, 0.29) is 26.4 Å². The van der Waals surface area contributed by atoms with Gasteiger partial charge in [-0.2, -0.15) is 0 Å². The molecule has 0 N–H and O–H groups in total. The summed E-state index contributed by atoms with van der Waals surface area (Å²) in [7, 11) is 0. The maximum atomic E-state index is 12.1. The van der Waals surface area contributed by atoms with E-state index in [4.69, 9.17) is 49.5 Å². The molecule has 0 fully saturated rings. The molecule has 0 aromatic rings. The fourth-order valence-corrected chi connectivity index (χ4v) is 7.20. The van der Waals surface area contributed by atoms with Crippen molar-refractivity contribution in [1.82, 2.24) is 0 Å². The van der Waals surface area contributed by atoms with Gasteiger partial charge in [0.05, 0.1) is 0 Å². The van der Waals surface area contributed by atoms with Gasteiger partial charge in [0.1, 0.15) is 0 Å². The third kappa shape index (κ3) is 25.5. The van der Waals surface area contributed by atoms with Crippen LogP contribution in [0.2, 0.25) is 9.88 Å². The van der Waals surface area contributed by atoms with Crippen LogP contribution in [0.5, 0.6) is 0 Å². The number of hydrogen-bond acceptors (Lipinski definition) is 10. The van der Waals surface area contributed by atoms with Gasteiger partial charge in [-0.3, -0.25) is 0 Å². The molecule has 11 heteroatoms. The number of hydrogen-bond donors (Lipinski definition) is 0. The average Bonchev–Trinajstić information content (AvgIpc) is 2.82. The molecule has 0 unspecified atom stereocenters. The Hall–Kier alpha value is -0.561. The van der Waals surface area contributed by atoms with E-state index in [0.717, 1.165) is 25.7 Å². The van der Waals surface area contributed by atoms with Gasteiger partial charge in [0.25, 0.3) is 0 Å². The SMILES string of the molecule is CCCCCCCCOC(=S)COCC(=O)[O][Sn]([CH3])([CH3])[O]C(=O)COCC(=S)OCCCCCCCC. The van der Waals surface area contributed by atoms with Crippen molar-refractivity contribution in [2.24, 2.45) is 0 Å². The van der Waals surface area contributed by atoms with Crippen LogP contribution in [-0.2, 0) is 34.7 Å². The Bertz CT molecular complexity index is 594. The third-order valence-corrected chi connectivity index (χ3v) is 9.70. The van der Waals surface area contributed by atoms with E-state index in [1.807, 2.05) is 0 Å². The van der Waals surface area contributed by atoms with E-state index in [2.05, 4.69) is 13.8 Å². The first-order chi connectivity index (χ1) is 17.7. The van der Waals surface area contributed by atoms with Crippen LogP contribution in [0.25, 0.3) is 0 Å². The predicted octanol–water partition coefficient (Wildman–Crippen LogP) is 6.22. The molecule has 0 rings (SSSR count). The van der Waals surface area contributed by atoms with E-state index in [1.165, 1.54) is 51.4 Å². The Labute approximate surface area is 239 Å². The van der Waals surface area contributed by atoms with Crippen LogP contribution in [0.1, 0.15) is 90.9 Å². The van der Waals surface area contributed by atoms with Gasteiger partial charge < -0.3 is 0 Å². The van der Waals surface area contributed by atoms with Gasteiger partial charge in [-0.15, -0.1) is 0 Å². The first kappa shape index (κ1) is 36.4. The smallest absolute Gasteiger partial charge is 0.0654 e. The monoisotopic (exact) mass is 672 g/mol. The molecule has 0 radical (unpaired) electrons. The van der Waals surface area contributed by atoms with Gasteiger partial charge >= 0.3 is 201 Å². The van der Waals surface area contributed by atoms with Gasteiger partial charge in [-0.25, -0.2) is 0 Å². The zero-order valence-corrected chi connectivity index (χ0v) is 27.8. The molecule has 0 spiro atoms. The van der Waals surface area contributed by atoms with Crippen LogP contribution in [-0.4, -0.2) is 80.9 Å².